The zero-order valence-corrected chi connectivity index (χ0v) is 18.4. The Bertz CT molecular complexity index is 1300. The van der Waals surface area contributed by atoms with Gasteiger partial charge in [-0.3, -0.25) is 14.4 Å². The van der Waals surface area contributed by atoms with Crippen LogP contribution in [0.4, 0.5) is 4.39 Å². The number of carbonyl (C=O) groups excluding carboxylic acids is 2. The van der Waals surface area contributed by atoms with Crippen molar-refractivity contribution in [1.82, 2.24) is 20.0 Å². The molecular weight excluding hydrogens is 423 g/mol. The number of halogens is 1. The SMILES string of the molecule is C[C@H]1CN(C(=O)C2CC2)CCN1C(=O)c1cc(Cc2n[nH]c(=O)c3ccccc23)ccc1F. The van der Waals surface area contributed by atoms with Crippen LogP contribution < -0.4 is 5.56 Å². The molecule has 2 aliphatic rings. The van der Waals surface area contributed by atoms with Crippen LogP contribution in [-0.4, -0.2) is 57.5 Å². The van der Waals surface area contributed by atoms with Crippen molar-refractivity contribution < 1.29 is 14.0 Å². The number of hydrogen-bond donors (Lipinski definition) is 1. The number of rotatable bonds is 4. The van der Waals surface area contributed by atoms with Gasteiger partial charge in [0.15, 0.2) is 0 Å². The largest absolute Gasteiger partial charge is 0.339 e. The molecule has 2 heterocycles. The second-order valence-corrected chi connectivity index (χ2v) is 8.94. The molecule has 1 saturated heterocycles. The third-order valence-corrected chi connectivity index (χ3v) is 6.53. The van der Waals surface area contributed by atoms with Crippen molar-refractivity contribution in [1.29, 1.82) is 0 Å². The molecule has 8 heteroatoms. The van der Waals surface area contributed by atoms with Crippen molar-refractivity contribution >= 4 is 22.6 Å². The summed E-state index contributed by atoms with van der Waals surface area (Å²) >= 11 is 0. The first kappa shape index (κ1) is 21.3. The van der Waals surface area contributed by atoms with Gasteiger partial charge >= 0.3 is 0 Å². The van der Waals surface area contributed by atoms with Gasteiger partial charge in [0.2, 0.25) is 5.91 Å². The predicted molar refractivity (Wildman–Crippen MR) is 121 cm³/mol. The molecule has 2 fully saturated rings. The maximum Gasteiger partial charge on any atom is 0.272 e. The highest BCUT2D eigenvalue weighted by Crippen LogP contribution is 2.32. The van der Waals surface area contributed by atoms with E-state index < -0.39 is 5.82 Å². The number of carbonyl (C=O) groups is 2. The Labute approximate surface area is 190 Å². The average Bonchev–Trinajstić information content (AvgIpc) is 3.67. The van der Waals surface area contributed by atoms with Crippen molar-refractivity contribution in [3.05, 3.63) is 75.5 Å². The zero-order chi connectivity index (χ0) is 23.1. The molecule has 5 rings (SSSR count). The normalized spacial score (nSPS) is 18.5. The molecule has 1 aromatic heterocycles. The van der Waals surface area contributed by atoms with Crippen LogP contribution in [0.3, 0.4) is 0 Å². The van der Waals surface area contributed by atoms with Crippen LogP contribution in [-0.2, 0) is 11.2 Å². The van der Waals surface area contributed by atoms with E-state index in [2.05, 4.69) is 10.2 Å². The number of fused-ring (bicyclic) bond motifs is 1. The molecule has 170 valence electrons. The lowest BCUT2D eigenvalue weighted by Gasteiger charge is -2.40. The monoisotopic (exact) mass is 448 g/mol. The maximum atomic E-state index is 14.7. The number of benzene rings is 2. The van der Waals surface area contributed by atoms with Gasteiger partial charge in [-0.25, -0.2) is 9.49 Å². The van der Waals surface area contributed by atoms with Gasteiger partial charge in [0.25, 0.3) is 11.5 Å². The van der Waals surface area contributed by atoms with Crippen LogP contribution in [0, 0.1) is 11.7 Å². The third kappa shape index (κ3) is 4.13. The molecule has 0 spiro atoms. The first-order valence-electron chi connectivity index (χ1n) is 11.3. The highest BCUT2D eigenvalue weighted by Gasteiger charge is 2.37. The topological polar surface area (TPSA) is 86.4 Å². The van der Waals surface area contributed by atoms with E-state index >= 15 is 0 Å². The molecule has 1 saturated carbocycles. The van der Waals surface area contributed by atoms with Crippen LogP contribution >= 0.6 is 0 Å². The lowest BCUT2D eigenvalue weighted by atomic mass is 10.0. The minimum Gasteiger partial charge on any atom is -0.339 e. The Hall–Kier alpha value is -3.55. The standard InChI is InChI=1S/C25H25FN4O3/c1-15-14-29(24(32)17-7-8-17)10-11-30(15)25(33)20-12-16(6-9-21(20)26)13-22-18-4-2-3-5-19(18)23(31)28-27-22/h2-6,9,12,15,17H,7-8,10-11,13-14H2,1H3,(H,28,31)/t15-/m0/s1. The molecule has 1 atom stereocenters. The van der Waals surface area contributed by atoms with E-state index in [1.54, 1.807) is 29.2 Å². The molecular formula is C25H25FN4O3. The molecule has 33 heavy (non-hydrogen) atoms. The van der Waals surface area contributed by atoms with E-state index in [0.29, 0.717) is 37.1 Å². The number of amides is 2. The maximum absolute atomic E-state index is 14.7. The van der Waals surface area contributed by atoms with Crippen LogP contribution in [0.5, 0.6) is 0 Å². The molecule has 1 aliphatic heterocycles. The molecule has 2 amide bonds. The number of piperazine rings is 1. The number of aromatic amines is 1. The number of hydrogen-bond acceptors (Lipinski definition) is 4. The van der Waals surface area contributed by atoms with Crippen LogP contribution in [0.2, 0.25) is 0 Å². The summed E-state index contributed by atoms with van der Waals surface area (Å²) < 4.78 is 14.7. The van der Waals surface area contributed by atoms with Crippen molar-refractivity contribution in [3.63, 3.8) is 0 Å². The summed E-state index contributed by atoms with van der Waals surface area (Å²) in [5.41, 5.74) is 1.11. The van der Waals surface area contributed by atoms with E-state index in [-0.39, 0.29) is 34.9 Å². The van der Waals surface area contributed by atoms with E-state index in [1.807, 2.05) is 24.0 Å². The van der Waals surface area contributed by atoms with Gasteiger partial charge in [-0.1, -0.05) is 24.3 Å². The first-order valence-corrected chi connectivity index (χ1v) is 11.3. The second-order valence-electron chi connectivity index (χ2n) is 8.94. The lowest BCUT2D eigenvalue weighted by Crippen LogP contribution is -2.55. The second kappa shape index (κ2) is 8.42. The van der Waals surface area contributed by atoms with Crippen LogP contribution in [0.15, 0.2) is 47.3 Å². The number of aromatic nitrogens is 2. The molecule has 0 radical (unpaired) electrons. The molecule has 1 N–H and O–H groups in total. The van der Waals surface area contributed by atoms with E-state index in [9.17, 15) is 18.8 Å². The molecule has 0 bridgehead atoms. The highest BCUT2D eigenvalue weighted by molar-refractivity contribution is 5.95. The van der Waals surface area contributed by atoms with Crippen LogP contribution in [0.1, 0.15) is 41.4 Å². The van der Waals surface area contributed by atoms with E-state index in [4.69, 9.17) is 0 Å². The molecule has 0 unspecified atom stereocenters. The Morgan fingerprint density at radius 3 is 2.61 bits per heavy atom. The summed E-state index contributed by atoms with van der Waals surface area (Å²) in [5.74, 6) is -0.639. The number of H-pyrrole nitrogens is 1. The Kier molecular flexibility index (Phi) is 5.44. The number of nitrogens with zero attached hydrogens (tertiary/aromatic N) is 3. The van der Waals surface area contributed by atoms with Gasteiger partial charge < -0.3 is 9.80 Å². The lowest BCUT2D eigenvalue weighted by molar-refractivity contribution is -0.135. The van der Waals surface area contributed by atoms with Crippen molar-refractivity contribution in [3.8, 4) is 0 Å². The van der Waals surface area contributed by atoms with Gasteiger partial charge in [0.1, 0.15) is 5.82 Å². The smallest absolute Gasteiger partial charge is 0.272 e. The summed E-state index contributed by atoms with van der Waals surface area (Å²) in [6, 6.07) is 11.5. The van der Waals surface area contributed by atoms with Gasteiger partial charge in [-0.15, -0.1) is 0 Å². The average molecular weight is 448 g/mol. The number of nitrogens with one attached hydrogen (secondary N) is 1. The fraction of sp³-hybridized carbons (Fsp3) is 0.360. The molecule has 3 aromatic rings. The zero-order valence-electron chi connectivity index (χ0n) is 18.4. The fourth-order valence-corrected chi connectivity index (χ4v) is 4.55. The van der Waals surface area contributed by atoms with Crippen molar-refractivity contribution in [2.45, 2.75) is 32.2 Å². The summed E-state index contributed by atoms with van der Waals surface area (Å²) in [4.78, 5) is 41.1. The van der Waals surface area contributed by atoms with Gasteiger partial charge in [-0.05, 0) is 43.5 Å². The Morgan fingerprint density at radius 1 is 1.12 bits per heavy atom. The predicted octanol–water partition coefficient (Wildman–Crippen LogP) is 2.74. The minimum absolute atomic E-state index is 0.00931. The highest BCUT2D eigenvalue weighted by atomic mass is 19.1. The van der Waals surface area contributed by atoms with Crippen LogP contribution in [0.25, 0.3) is 10.8 Å². The summed E-state index contributed by atoms with van der Waals surface area (Å²) in [6.45, 7) is 3.21. The first-order chi connectivity index (χ1) is 15.9. The summed E-state index contributed by atoms with van der Waals surface area (Å²) in [6.07, 6.45) is 2.24. The van der Waals surface area contributed by atoms with E-state index in [1.165, 1.54) is 6.07 Å². The van der Waals surface area contributed by atoms with Gasteiger partial charge in [0.05, 0.1) is 16.6 Å². The molecule has 7 nitrogen and oxygen atoms in total. The Balaban J connectivity index is 1.37. The third-order valence-electron chi connectivity index (χ3n) is 6.53. The fourth-order valence-electron chi connectivity index (χ4n) is 4.55. The molecule has 2 aromatic carbocycles. The van der Waals surface area contributed by atoms with Crippen molar-refractivity contribution in [2.24, 2.45) is 5.92 Å². The quantitative estimate of drug-likeness (QED) is 0.665. The Morgan fingerprint density at radius 2 is 1.88 bits per heavy atom. The minimum atomic E-state index is -0.577. The van der Waals surface area contributed by atoms with E-state index in [0.717, 1.165) is 23.8 Å². The van der Waals surface area contributed by atoms with Crippen molar-refractivity contribution in [2.75, 3.05) is 19.6 Å². The summed E-state index contributed by atoms with van der Waals surface area (Å²) in [7, 11) is 0. The van der Waals surface area contributed by atoms with Gasteiger partial charge in [-0.2, -0.15) is 5.10 Å². The molecule has 1 aliphatic carbocycles. The summed E-state index contributed by atoms with van der Waals surface area (Å²) in [5, 5.41) is 7.95. The van der Waals surface area contributed by atoms with Gasteiger partial charge in [0, 0.05) is 43.4 Å².